The lowest BCUT2D eigenvalue weighted by atomic mass is 10.1. The molecular formula is C30H27Si. The van der Waals surface area contributed by atoms with Crippen LogP contribution in [0.1, 0.15) is 70.8 Å². The van der Waals surface area contributed by atoms with Gasteiger partial charge in [0.1, 0.15) is 0 Å². The van der Waals surface area contributed by atoms with Gasteiger partial charge in [-0.05, 0) is 54.2 Å². The maximum Gasteiger partial charge on any atom is 0.0878 e. The predicted octanol–water partition coefficient (Wildman–Crippen LogP) is 7.70. The van der Waals surface area contributed by atoms with Crippen LogP contribution in [0.25, 0.3) is 18.2 Å². The molecule has 0 spiro atoms. The van der Waals surface area contributed by atoms with Gasteiger partial charge in [-0.3, -0.25) is 0 Å². The van der Waals surface area contributed by atoms with E-state index >= 15 is 0 Å². The first-order valence-electron chi connectivity index (χ1n) is 11.3. The van der Waals surface area contributed by atoms with Crippen molar-refractivity contribution in [1.82, 2.24) is 0 Å². The Morgan fingerprint density at radius 3 is 1.06 bits per heavy atom. The molecule has 0 aromatic heterocycles. The van der Waals surface area contributed by atoms with Crippen molar-refractivity contribution in [3.63, 3.8) is 0 Å². The molecule has 1 radical (unpaired) electrons. The van der Waals surface area contributed by atoms with Crippen LogP contribution in [-0.4, -0.2) is 8.80 Å². The first kappa shape index (κ1) is 18.8. The average Bonchev–Trinajstić information content (AvgIpc) is 3.39. The van der Waals surface area contributed by atoms with E-state index in [1.165, 1.54) is 16.7 Å². The lowest BCUT2D eigenvalue weighted by Crippen LogP contribution is -2.38. The van der Waals surface area contributed by atoms with Crippen molar-refractivity contribution in [1.29, 1.82) is 0 Å². The van der Waals surface area contributed by atoms with Crippen LogP contribution in [0.5, 0.6) is 0 Å². The monoisotopic (exact) mass is 415 g/mol. The molecule has 0 nitrogen and oxygen atoms in total. The van der Waals surface area contributed by atoms with Crippen LogP contribution in [0.3, 0.4) is 0 Å². The number of rotatable bonds is 3. The highest BCUT2D eigenvalue weighted by Gasteiger charge is 2.46. The van der Waals surface area contributed by atoms with Gasteiger partial charge in [0, 0.05) is 16.6 Å². The lowest BCUT2D eigenvalue weighted by Gasteiger charge is -2.37. The van der Waals surface area contributed by atoms with Crippen LogP contribution in [0, 0.1) is 0 Å². The van der Waals surface area contributed by atoms with E-state index in [0.717, 1.165) is 0 Å². The van der Waals surface area contributed by atoms with Gasteiger partial charge in [-0.1, -0.05) is 108 Å². The van der Waals surface area contributed by atoms with Crippen molar-refractivity contribution in [2.75, 3.05) is 0 Å². The third-order valence-corrected chi connectivity index (χ3v) is 11.7. The SMILES string of the molecule is CC1=Cc2ccccc2C1[Si](C1C(C)=Cc2ccccc21)C1C(C)=Cc2ccccc21. The van der Waals surface area contributed by atoms with Crippen LogP contribution < -0.4 is 0 Å². The molecule has 3 unspecified atom stereocenters. The smallest absolute Gasteiger partial charge is 0.0681 e. The fourth-order valence-electron chi connectivity index (χ4n) is 6.26. The first-order valence-corrected chi connectivity index (χ1v) is 13.0. The molecule has 0 N–H and O–H groups in total. The molecule has 0 bridgehead atoms. The van der Waals surface area contributed by atoms with E-state index < -0.39 is 8.80 Å². The molecule has 31 heavy (non-hydrogen) atoms. The summed E-state index contributed by atoms with van der Waals surface area (Å²) in [7, 11) is -0.964. The third kappa shape index (κ3) is 2.80. The molecule has 0 aliphatic heterocycles. The molecule has 0 heterocycles. The summed E-state index contributed by atoms with van der Waals surface area (Å²) in [6, 6.07) is 27.3. The number of hydrogen-bond acceptors (Lipinski definition) is 0. The highest BCUT2D eigenvalue weighted by Crippen LogP contribution is 2.53. The van der Waals surface area contributed by atoms with Gasteiger partial charge in [0.15, 0.2) is 0 Å². The molecule has 1 heteroatoms. The van der Waals surface area contributed by atoms with Crippen LogP contribution in [0.4, 0.5) is 0 Å². The fraction of sp³-hybridized carbons (Fsp3) is 0.200. The summed E-state index contributed by atoms with van der Waals surface area (Å²) in [5.74, 6) is 0. The highest BCUT2D eigenvalue weighted by molar-refractivity contribution is 6.67. The summed E-state index contributed by atoms with van der Waals surface area (Å²) in [6.45, 7) is 7.11. The van der Waals surface area contributed by atoms with Gasteiger partial charge in [0.2, 0.25) is 0 Å². The van der Waals surface area contributed by atoms with Crippen molar-refractivity contribution in [2.24, 2.45) is 0 Å². The molecular weight excluding hydrogens is 388 g/mol. The third-order valence-electron chi connectivity index (χ3n) is 7.44. The molecule has 0 fully saturated rings. The Kier molecular flexibility index (Phi) is 4.29. The van der Waals surface area contributed by atoms with Gasteiger partial charge in [-0.2, -0.15) is 0 Å². The summed E-state index contributed by atoms with van der Waals surface area (Å²) in [4.78, 5) is 0. The zero-order chi connectivity index (χ0) is 21.1. The largest absolute Gasteiger partial charge is 0.0878 e. The zero-order valence-electron chi connectivity index (χ0n) is 18.4. The molecule has 3 aromatic rings. The van der Waals surface area contributed by atoms with Crippen molar-refractivity contribution in [3.05, 3.63) is 123 Å². The summed E-state index contributed by atoms with van der Waals surface area (Å²) in [5.41, 5.74) is 15.1. The minimum absolute atomic E-state index is 0.528. The number of fused-ring (bicyclic) bond motifs is 3. The van der Waals surface area contributed by atoms with Gasteiger partial charge in [0.05, 0.1) is 8.80 Å². The Bertz CT molecular complexity index is 1130. The van der Waals surface area contributed by atoms with Gasteiger partial charge >= 0.3 is 0 Å². The van der Waals surface area contributed by atoms with Crippen LogP contribution >= 0.6 is 0 Å². The molecule has 0 saturated carbocycles. The minimum atomic E-state index is -0.964. The van der Waals surface area contributed by atoms with Gasteiger partial charge in [0.25, 0.3) is 0 Å². The normalized spacial score (nSPS) is 23.2. The lowest BCUT2D eigenvalue weighted by molar-refractivity contribution is 0.928. The van der Waals surface area contributed by atoms with Crippen LogP contribution in [0.15, 0.2) is 89.5 Å². The van der Waals surface area contributed by atoms with Crippen molar-refractivity contribution < 1.29 is 0 Å². The van der Waals surface area contributed by atoms with E-state index in [1.54, 1.807) is 33.4 Å². The average molecular weight is 416 g/mol. The predicted molar refractivity (Wildman–Crippen MR) is 134 cm³/mol. The molecule has 0 amide bonds. The maximum atomic E-state index is 2.45. The molecule has 3 aromatic carbocycles. The molecule has 3 aliphatic rings. The van der Waals surface area contributed by atoms with Crippen LogP contribution in [0.2, 0.25) is 0 Å². The van der Waals surface area contributed by atoms with E-state index in [-0.39, 0.29) is 0 Å². The fourth-order valence-corrected chi connectivity index (χ4v) is 11.0. The zero-order valence-corrected chi connectivity index (χ0v) is 19.4. The Morgan fingerprint density at radius 2 is 0.742 bits per heavy atom. The van der Waals surface area contributed by atoms with Crippen molar-refractivity contribution in [2.45, 2.75) is 37.4 Å². The van der Waals surface area contributed by atoms with E-state index in [1.807, 2.05) is 0 Å². The summed E-state index contributed by atoms with van der Waals surface area (Å²) < 4.78 is 0. The Labute approximate surface area is 187 Å². The van der Waals surface area contributed by atoms with Crippen molar-refractivity contribution >= 4 is 27.0 Å². The Balaban J connectivity index is 1.58. The number of benzene rings is 3. The van der Waals surface area contributed by atoms with E-state index in [0.29, 0.717) is 16.6 Å². The second-order valence-corrected chi connectivity index (χ2v) is 12.1. The highest BCUT2D eigenvalue weighted by atomic mass is 28.3. The second-order valence-electron chi connectivity index (χ2n) is 9.35. The molecule has 3 atom stereocenters. The van der Waals surface area contributed by atoms with Gasteiger partial charge in [-0.25, -0.2) is 0 Å². The van der Waals surface area contributed by atoms with E-state index in [2.05, 4.69) is 112 Å². The topological polar surface area (TPSA) is 0 Å². The van der Waals surface area contributed by atoms with Gasteiger partial charge < -0.3 is 0 Å². The van der Waals surface area contributed by atoms with E-state index in [9.17, 15) is 0 Å². The quantitative estimate of drug-likeness (QED) is 0.384. The second kappa shape index (κ2) is 7.07. The first-order chi connectivity index (χ1) is 15.1. The number of hydrogen-bond donors (Lipinski definition) is 0. The Morgan fingerprint density at radius 1 is 0.452 bits per heavy atom. The molecule has 0 saturated heterocycles. The van der Waals surface area contributed by atoms with Crippen molar-refractivity contribution in [3.8, 4) is 0 Å². The Hall–Kier alpha value is -2.90. The van der Waals surface area contributed by atoms with Gasteiger partial charge in [-0.15, -0.1) is 0 Å². The maximum absolute atomic E-state index is 2.45. The summed E-state index contributed by atoms with van der Waals surface area (Å²) >= 11 is 0. The molecule has 3 aliphatic carbocycles. The molecule has 6 rings (SSSR count). The minimum Gasteiger partial charge on any atom is -0.0681 e. The van der Waals surface area contributed by atoms with Crippen LogP contribution in [-0.2, 0) is 0 Å². The molecule has 151 valence electrons. The summed E-state index contributed by atoms with van der Waals surface area (Å²) in [6.07, 6.45) is 7.35. The number of allylic oxidation sites excluding steroid dienone is 3. The standard InChI is InChI=1S/C30H27Si/c1-19-16-22-10-4-7-13-25(22)28(19)31(29-20(2)17-23-11-5-8-14-26(23)29)30-21(3)18-24-12-6-9-15-27(24)30/h4-18,28-30H,1-3H3. The van der Waals surface area contributed by atoms with E-state index in [4.69, 9.17) is 0 Å². The summed E-state index contributed by atoms with van der Waals surface area (Å²) in [5, 5.41) is 0.